The Labute approximate surface area is 92.5 Å². The molecule has 1 aromatic heterocycles. The van der Waals surface area contributed by atoms with Crippen LogP contribution in [0, 0.1) is 12.8 Å². The molecule has 2 rings (SSSR count). The van der Waals surface area contributed by atoms with Crippen LogP contribution in [-0.4, -0.2) is 20.4 Å². The van der Waals surface area contributed by atoms with Crippen molar-refractivity contribution in [1.82, 2.24) is 9.36 Å². The van der Waals surface area contributed by atoms with Crippen molar-refractivity contribution in [1.29, 1.82) is 0 Å². The van der Waals surface area contributed by atoms with Crippen LogP contribution < -0.4 is 0 Å². The number of carbonyl (C=O) groups is 1. The Morgan fingerprint density at radius 3 is 2.53 bits per heavy atom. The van der Waals surface area contributed by atoms with Gasteiger partial charge in [0.2, 0.25) is 0 Å². The zero-order valence-electron chi connectivity index (χ0n) is 8.64. The number of rotatable bonds is 2. The fraction of sp³-hybridized carbons (Fsp3) is 0.700. The Morgan fingerprint density at radius 2 is 2.07 bits per heavy atom. The summed E-state index contributed by atoms with van der Waals surface area (Å²) in [7, 11) is 0. The molecule has 1 N–H and O–H groups in total. The molecule has 0 spiro atoms. The quantitative estimate of drug-likeness (QED) is 0.839. The molecule has 0 unspecified atom stereocenters. The van der Waals surface area contributed by atoms with E-state index in [9.17, 15) is 4.79 Å². The third-order valence-electron chi connectivity index (χ3n) is 2.98. The molecule has 1 heterocycles. The number of aliphatic carboxylic acids is 1. The summed E-state index contributed by atoms with van der Waals surface area (Å²) in [4.78, 5) is 15.1. The first-order chi connectivity index (χ1) is 7.16. The highest BCUT2D eigenvalue weighted by atomic mass is 32.1. The van der Waals surface area contributed by atoms with E-state index in [4.69, 9.17) is 5.11 Å². The molecule has 0 radical (unpaired) electrons. The van der Waals surface area contributed by atoms with Crippen molar-refractivity contribution in [2.45, 2.75) is 38.5 Å². The maximum absolute atomic E-state index is 10.8. The summed E-state index contributed by atoms with van der Waals surface area (Å²) in [6.45, 7) is 1.95. The molecule has 0 atom stereocenters. The van der Waals surface area contributed by atoms with Gasteiger partial charge in [0.25, 0.3) is 0 Å². The van der Waals surface area contributed by atoms with Gasteiger partial charge < -0.3 is 5.11 Å². The van der Waals surface area contributed by atoms with Gasteiger partial charge in [-0.1, -0.05) is 0 Å². The molecule has 1 aromatic rings. The van der Waals surface area contributed by atoms with Crippen molar-refractivity contribution >= 4 is 17.5 Å². The predicted molar refractivity (Wildman–Crippen MR) is 57.0 cm³/mol. The molecule has 1 saturated carbocycles. The smallest absolute Gasteiger partial charge is 0.306 e. The van der Waals surface area contributed by atoms with Crippen molar-refractivity contribution in [2.24, 2.45) is 5.92 Å². The third kappa shape index (κ3) is 2.34. The zero-order valence-corrected chi connectivity index (χ0v) is 9.46. The number of nitrogens with zero attached hydrogens (tertiary/aromatic N) is 2. The molecule has 1 fully saturated rings. The summed E-state index contributed by atoms with van der Waals surface area (Å²) in [5.41, 5.74) is 0. The number of aryl methyl sites for hydroxylation is 1. The summed E-state index contributed by atoms with van der Waals surface area (Å²) in [6.07, 6.45) is 3.34. The van der Waals surface area contributed by atoms with Crippen LogP contribution in [0.3, 0.4) is 0 Å². The molecule has 15 heavy (non-hydrogen) atoms. The number of hydrogen-bond acceptors (Lipinski definition) is 4. The van der Waals surface area contributed by atoms with Crippen LogP contribution in [0.2, 0.25) is 0 Å². The molecule has 5 heteroatoms. The Morgan fingerprint density at radius 1 is 1.40 bits per heavy atom. The van der Waals surface area contributed by atoms with Crippen molar-refractivity contribution in [2.75, 3.05) is 0 Å². The second-order valence-corrected chi connectivity index (χ2v) is 5.01. The fourth-order valence-corrected chi connectivity index (χ4v) is 2.63. The minimum absolute atomic E-state index is 0.152. The van der Waals surface area contributed by atoms with Crippen LogP contribution in [-0.2, 0) is 4.79 Å². The summed E-state index contributed by atoms with van der Waals surface area (Å²) >= 11 is 1.43. The largest absolute Gasteiger partial charge is 0.481 e. The Balaban J connectivity index is 1.96. The predicted octanol–water partition coefficient (Wildman–Crippen LogP) is 2.20. The number of carboxylic acid groups (broad SMARTS) is 1. The molecule has 82 valence electrons. The van der Waals surface area contributed by atoms with Gasteiger partial charge in [-0.2, -0.15) is 4.37 Å². The van der Waals surface area contributed by atoms with E-state index in [1.54, 1.807) is 0 Å². The lowest BCUT2D eigenvalue weighted by atomic mass is 9.82. The van der Waals surface area contributed by atoms with Crippen molar-refractivity contribution in [3.63, 3.8) is 0 Å². The van der Waals surface area contributed by atoms with Gasteiger partial charge in [0.05, 0.1) is 5.92 Å². The van der Waals surface area contributed by atoms with E-state index in [1.807, 2.05) is 6.92 Å². The van der Waals surface area contributed by atoms with Crippen LogP contribution in [0.5, 0.6) is 0 Å². The first kappa shape index (κ1) is 10.5. The van der Waals surface area contributed by atoms with Gasteiger partial charge in [0.1, 0.15) is 10.8 Å². The first-order valence-corrected chi connectivity index (χ1v) is 5.97. The molecule has 0 bridgehead atoms. The van der Waals surface area contributed by atoms with Gasteiger partial charge in [-0.25, -0.2) is 4.98 Å². The van der Waals surface area contributed by atoms with Crippen molar-refractivity contribution < 1.29 is 9.90 Å². The maximum Gasteiger partial charge on any atom is 0.306 e. The lowest BCUT2D eigenvalue weighted by Crippen LogP contribution is -2.20. The molecule has 1 aliphatic carbocycles. The van der Waals surface area contributed by atoms with Crippen LogP contribution in [0.25, 0.3) is 0 Å². The lowest BCUT2D eigenvalue weighted by Gasteiger charge is -2.23. The molecule has 0 saturated heterocycles. The van der Waals surface area contributed by atoms with Gasteiger partial charge >= 0.3 is 5.97 Å². The summed E-state index contributed by atoms with van der Waals surface area (Å²) in [6, 6.07) is 0. The molecule has 0 aromatic carbocycles. The van der Waals surface area contributed by atoms with Gasteiger partial charge in [-0.15, -0.1) is 0 Å². The Kier molecular flexibility index (Phi) is 3.00. The number of hydrogen-bond donors (Lipinski definition) is 1. The lowest BCUT2D eigenvalue weighted by molar-refractivity contribution is -0.142. The van der Waals surface area contributed by atoms with Crippen molar-refractivity contribution in [3.05, 3.63) is 10.8 Å². The molecule has 4 nitrogen and oxygen atoms in total. The minimum Gasteiger partial charge on any atom is -0.481 e. The summed E-state index contributed by atoms with van der Waals surface area (Å²) in [5, 5.41) is 9.86. The van der Waals surface area contributed by atoms with E-state index in [2.05, 4.69) is 9.36 Å². The van der Waals surface area contributed by atoms with E-state index < -0.39 is 5.97 Å². The normalized spacial score (nSPS) is 26.5. The van der Waals surface area contributed by atoms with Gasteiger partial charge in [0, 0.05) is 5.92 Å². The molecule has 1 aliphatic rings. The highest BCUT2D eigenvalue weighted by Crippen LogP contribution is 2.34. The number of carboxylic acids is 1. The molecule has 0 amide bonds. The first-order valence-electron chi connectivity index (χ1n) is 5.20. The average molecular weight is 226 g/mol. The standard InChI is InChI=1S/C10H14N2O2S/c1-6-11-9(12-15-6)7-2-4-8(5-3-7)10(13)14/h7-8H,2-5H2,1H3,(H,13,14). The Bertz CT molecular complexity index is 356. The zero-order chi connectivity index (χ0) is 10.8. The van der Waals surface area contributed by atoms with E-state index in [-0.39, 0.29) is 5.92 Å². The highest BCUT2D eigenvalue weighted by Gasteiger charge is 2.28. The molecular formula is C10H14N2O2S. The van der Waals surface area contributed by atoms with E-state index >= 15 is 0 Å². The average Bonchev–Trinajstić information content (AvgIpc) is 2.65. The highest BCUT2D eigenvalue weighted by molar-refractivity contribution is 7.05. The van der Waals surface area contributed by atoms with Gasteiger partial charge in [-0.05, 0) is 44.1 Å². The van der Waals surface area contributed by atoms with Crippen molar-refractivity contribution in [3.8, 4) is 0 Å². The van der Waals surface area contributed by atoms with Gasteiger partial charge in [-0.3, -0.25) is 4.79 Å². The monoisotopic (exact) mass is 226 g/mol. The Hall–Kier alpha value is -0.970. The van der Waals surface area contributed by atoms with Crippen LogP contribution in [0.4, 0.5) is 0 Å². The molecule has 0 aliphatic heterocycles. The van der Waals surface area contributed by atoms with E-state index in [0.29, 0.717) is 5.92 Å². The second kappa shape index (κ2) is 4.26. The van der Waals surface area contributed by atoms with E-state index in [1.165, 1.54) is 11.5 Å². The van der Waals surface area contributed by atoms with Crippen LogP contribution in [0.1, 0.15) is 42.4 Å². The minimum atomic E-state index is -0.657. The van der Waals surface area contributed by atoms with E-state index in [0.717, 1.165) is 36.5 Å². The van der Waals surface area contributed by atoms with Gasteiger partial charge in [0.15, 0.2) is 0 Å². The number of aromatic nitrogens is 2. The van der Waals surface area contributed by atoms with Crippen LogP contribution >= 0.6 is 11.5 Å². The maximum atomic E-state index is 10.8. The third-order valence-corrected chi connectivity index (χ3v) is 3.62. The summed E-state index contributed by atoms with van der Waals surface area (Å²) in [5.74, 6) is 0.490. The second-order valence-electron chi connectivity index (χ2n) is 4.06. The fourth-order valence-electron chi connectivity index (χ4n) is 2.08. The van der Waals surface area contributed by atoms with Crippen LogP contribution in [0.15, 0.2) is 0 Å². The summed E-state index contributed by atoms with van der Waals surface area (Å²) < 4.78 is 4.29. The SMILES string of the molecule is Cc1nc(C2CCC(C(=O)O)CC2)ns1. The topological polar surface area (TPSA) is 63.1 Å². The molecular weight excluding hydrogens is 212 g/mol.